The van der Waals surface area contributed by atoms with Gasteiger partial charge in [0, 0.05) is 0 Å². The minimum absolute atomic E-state index is 0.160. The van der Waals surface area contributed by atoms with Gasteiger partial charge in [-0.2, -0.15) is 0 Å². The second-order valence-electron chi connectivity index (χ2n) is 8.54. The van der Waals surface area contributed by atoms with Gasteiger partial charge in [-0.3, -0.25) is 24.1 Å². The van der Waals surface area contributed by atoms with Gasteiger partial charge in [0.2, 0.25) is 4.38 Å². The van der Waals surface area contributed by atoms with Crippen LogP contribution in [0.5, 0.6) is 0 Å². The van der Waals surface area contributed by atoms with Crippen molar-refractivity contribution in [1.29, 1.82) is 0 Å². The number of rotatable bonds is 7. The Morgan fingerprint density at radius 2 is 1.71 bits per heavy atom. The molecule has 1 aromatic rings. The zero-order valence-electron chi connectivity index (χ0n) is 17.9. The monoisotopic (exact) mass is 463 g/mol. The lowest BCUT2D eigenvalue weighted by Crippen LogP contribution is -2.48. The number of hydrogen-bond donors (Lipinski definition) is 0. The maximum absolute atomic E-state index is 13.3. The summed E-state index contributed by atoms with van der Waals surface area (Å²) in [6, 6.07) is 6.53. The Morgan fingerprint density at radius 3 is 2.16 bits per heavy atom. The summed E-state index contributed by atoms with van der Waals surface area (Å²) in [5.41, 5.74) is -2.28. The number of nitrogens with zero attached hydrogens (tertiary/aromatic N) is 1. The quantitative estimate of drug-likeness (QED) is 0.261. The second-order valence-corrected chi connectivity index (χ2v) is 10.3. The van der Waals surface area contributed by atoms with E-state index in [4.69, 9.17) is 21.7 Å². The highest BCUT2D eigenvalue weighted by Gasteiger charge is 2.61. The molecular weight excluding hydrogens is 438 g/mol. The van der Waals surface area contributed by atoms with Crippen LogP contribution in [0.1, 0.15) is 67.7 Å². The Kier molecular flexibility index (Phi) is 6.57. The van der Waals surface area contributed by atoms with Gasteiger partial charge in [0.1, 0.15) is 5.54 Å². The van der Waals surface area contributed by atoms with Crippen molar-refractivity contribution < 1.29 is 28.7 Å². The largest absolute Gasteiger partial charge is 0.479 e. The van der Waals surface area contributed by atoms with Crippen LogP contribution in [0.25, 0.3) is 0 Å². The summed E-state index contributed by atoms with van der Waals surface area (Å²) >= 11 is 6.12. The number of hydrogen-bond acceptors (Lipinski definition) is 8. The molecule has 1 atom stereocenters. The first-order valence-electron chi connectivity index (χ1n) is 10.1. The van der Waals surface area contributed by atoms with Gasteiger partial charge in [-0.05, 0) is 76.6 Å². The molecule has 1 aromatic carbocycles. The van der Waals surface area contributed by atoms with Crippen molar-refractivity contribution in [2.45, 2.75) is 57.9 Å². The minimum Gasteiger partial charge on any atom is -0.479 e. The number of amides is 2. The topological polar surface area (TPSA) is 90.0 Å². The highest BCUT2D eigenvalue weighted by molar-refractivity contribution is 8.22. The number of esters is 1. The summed E-state index contributed by atoms with van der Waals surface area (Å²) in [7, 11) is 0. The van der Waals surface area contributed by atoms with Gasteiger partial charge >= 0.3 is 5.97 Å². The van der Waals surface area contributed by atoms with E-state index >= 15 is 0 Å². The molecule has 0 saturated heterocycles. The van der Waals surface area contributed by atoms with Crippen LogP contribution in [-0.4, -0.2) is 50.4 Å². The predicted molar refractivity (Wildman–Crippen MR) is 120 cm³/mol. The highest BCUT2D eigenvalue weighted by Crippen LogP contribution is 2.47. The Labute approximate surface area is 190 Å². The maximum Gasteiger partial charge on any atom is 0.312 e. The van der Waals surface area contributed by atoms with Crippen LogP contribution in [0.4, 0.5) is 0 Å². The number of thioether (sulfide) groups is 1. The molecule has 1 saturated carbocycles. The first kappa shape index (κ1) is 23.4. The average molecular weight is 464 g/mol. The number of benzene rings is 1. The molecular formula is C22H25NO6S2. The van der Waals surface area contributed by atoms with Crippen molar-refractivity contribution in [1.82, 2.24) is 4.90 Å². The van der Waals surface area contributed by atoms with Gasteiger partial charge < -0.3 is 9.47 Å². The van der Waals surface area contributed by atoms with Crippen molar-refractivity contribution in [3.05, 3.63) is 35.4 Å². The maximum atomic E-state index is 13.3. The lowest BCUT2D eigenvalue weighted by Gasteiger charge is -2.27. The fourth-order valence-electron chi connectivity index (χ4n) is 3.33. The number of Topliss-reactive ketones (excluding diaryl/α,β-unsaturated/α-hetero) is 1. The van der Waals surface area contributed by atoms with E-state index in [0.29, 0.717) is 30.6 Å². The number of carbonyl (C=O) groups excluding carboxylic acids is 4. The molecule has 1 unspecified atom stereocenters. The molecule has 1 fully saturated rings. The van der Waals surface area contributed by atoms with Crippen molar-refractivity contribution >= 4 is 51.9 Å². The number of ketones is 1. The van der Waals surface area contributed by atoms with E-state index in [-0.39, 0.29) is 16.6 Å². The lowest BCUT2D eigenvalue weighted by molar-refractivity contribution is -0.155. The fourth-order valence-corrected chi connectivity index (χ4v) is 4.54. The van der Waals surface area contributed by atoms with E-state index in [9.17, 15) is 19.2 Å². The van der Waals surface area contributed by atoms with E-state index in [0.717, 1.165) is 16.7 Å². The van der Waals surface area contributed by atoms with Crippen LogP contribution in [-0.2, 0) is 19.1 Å². The Morgan fingerprint density at radius 1 is 1.16 bits per heavy atom. The third-order valence-electron chi connectivity index (χ3n) is 5.16. The van der Waals surface area contributed by atoms with Crippen molar-refractivity contribution in [3.63, 3.8) is 0 Å². The lowest BCUT2D eigenvalue weighted by atomic mass is 9.97. The number of ether oxygens (including phenoxy) is 2. The van der Waals surface area contributed by atoms with Crippen molar-refractivity contribution in [3.8, 4) is 0 Å². The normalized spacial score (nSPS) is 17.7. The van der Waals surface area contributed by atoms with Crippen LogP contribution >= 0.6 is 24.0 Å². The molecule has 31 heavy (non-hydrogen) atoms. The summed E-state index contributed by atoms with van der Waals surface area (Å²) in [5.74, 6) is -1.75. The van der Waals surface area contributed by atoms with Crippen LogP contribution in [0.15, 0.2) is 24.3 Å². The third kappa shape index (κ3) is 4.67. The van der Waals surface area contributed by atoms with E-state index < -0.39 is 34.2 Å². The number of thiocarbonyl (C=S) groups is 1. The zero-order chi connectivity index (χ0) is 23.0. The molecule has 0 spiro atoms. The minimum atomic E-state index is -1.20. The molecule has 0 bridgehead atoms. The van der Waals surface area contributed by atoms with Gasteiger partial charge in [-0.1, -0.05) is 12.1 Å². The zero-order valence-corrected chi connectivity index (χ0v) is 19.6. The number of fused-ring (bicyclic) bond motifs is 1. The van der Waals surface area contributed by atoms with E-state index in [1.165, 1.54) is 0 Å². The van der Waals surface area contributed by atoms with Gasteiger partial charge in [-0.15, -0.1) is 0 Å². The second kappa shape index (κ2) is 8.70. The number of carbonyl (C=O) groups is 4. The molecule has 0 N–H and O–H groups in total. The van der Waals surface area contributed by atoms with Gasteiger partial charge in [-0.25, -0.2) is 0 Å². The van der Waals surface area contributed by atoms with Crippen molar-refractivity contribution in [2.75, 3.05) is 6.61 Å². The Balaban J connectivity index is 1.79. The molecule has 7 nitrogen and oxygen atoms in total. The molecule has 0 aromatic heterocycles. The van der Waals surface area contributed by atoms with Crippen molar-refractivity contribution in [2.24, 2.45) is 5.41 Å². The average Bonchev–Trinajstić information content (AvgIpc) is 3.44. The smallest absolute Gasteiger partial charge is 0.312 e. The first-order valence-corrected chi connectivity index (χ1v) is 11.4. The molecule has 1 heterocycles. The molecule has 1 aliphatic carbocycles. The highest BCUT2D eigenvalue weighted by atomic mass is 32.2. The van der Waals surface area contributed by atoms with E-state index in [1.54, 1.807) is 52.0 Å². The van der Waals surface area contributed by atoms with Gasteiger partial charge in [0.15, 0.2) is 11.2 Å². The summed E-state index contributed by atoms with van der Waals surface area (Å²) in [5, 5.41) is 0. The predicted octanol–water partition coefficient (Wildman–Crippen LogP) is 3.74. The SMILES string of the molecule is CCOC(=S)SC(CC(=O)C1(N2C(=O)c3ccccc3C2=O)CC1)OC(=O)C(C)(C)C. The summed E-state index contributed by atoms with van der Waals surface area (Å²) in [4.78, 5) is 52.6. The summed E-state index contributed by atoms with van der Waals surface area (Å²) < 4.78 is 11.0. The van der Waals surface area contributed by atoms with Crippen LogP contribution < -0.4 is 0 Å². The van der Waals surface area contributed by atoms with Gasteiger partial charge in [0.25, 0.3) is 11.8 Å². The molecule has 1 aliphatic heterocycles. The Bertz CT molecular complexity index is 913. The molecule has 2 amide bonds. The standard InChI is InChI=1S/C22H25NO6S2/c1-5-28-20(30)31-16(29-19(27)21(2,3)4)12-15(24)22(10-11-22)23-17(25)13-8-6-7-9-14(13)18(23)26/h6-9,16H,5,10-12H2,1-4H3. The number of imide groups is 1. The van der Waals surface area contributed by atoms with E-state index in [2.05, 4.69) is 0 Å². The molecule has 3 rings (SSSR count). The Hall–Kier alpha value is -2.26. The molecule has 9 heteroatoms. The van der Waals surface area contributed by atoms with E-state index in [1.807, 2.05) is 0 Å². The summed E-state index contributed by atoms with van der Waals surface area (Å²) in [6.45, 7) is 7.25. The third-order valence-corrected chi connectivity index (χ3v) is 6.40. The first-order chi connectivity index (χ1) is 14.5. The fraction of sp³-hybridized carbons (Fsp3) is 0.500. The van der Waals surface area contributed by atoms with Crippen LogP contribution in [0.2, 0.25) is 0 Å². The van der Waals surface area contributed by atoms with Crippen LogP contribution in [0, 0.1) is 5.41 Å². The van der Waals surface area contributed by atoms with Crippen LogP contribution in [0.3, 0.4) is 0 Å². The molecule has 166 valence electrons. The van der Waals surface area contributed by atoms with Gasteiger partial charge in [0.05, 0.1) is 29.6 Å². The molecule has 2 aliphatic rings. The molecule has 0 radical (unpaired) electrons. The summed E-state index contributed by atoms with van der Waals surface area (Å²) in [6.07, 6.45) is 0.586.